The number of nitrogens with zero attached hydrogens (tertiary/aromatic N) is 4. The van der Waals surface area contributed by atoms with Gasteiger partial charge in [-0.15, -0.1) is 0 Å². The predicted octanol–water partition coefficient (Wildman–Crippen LogP) is 1.95. The van der Waals surface area contributed by atoms with Crippen molar-refractivity contribution in [1.82, 2.24) is 20.2 Å². The van der Waals surface area contributed by atoms with E-state index in [2.05, 4.69) is 20.2 Å². The average Bonchev–Trinajstić information content (AvgIpc) is 2.56. The summed E-state index contributed by atoms with van der Waals surface area (Å²) in [6, 6.07) is 2.48. The van der Waals surface area contributed by atoms with Crippen LogP contribution < -0.4 is 10.2 Å². The largest absolute Gasteiger partial charge is 0.353 e. The maximum absolute atomic E-state index is 12.3. The van der Waals surface area contributed by atoms with Gasteiger partial charge in [0.2, 0.25) is 0 Å². The van der Waals surface area contributed by atoms with Crippen LogP contribution >= 0.6 is 0 Å². The van der Waals surface area contributed by atoms with Crippen molar-refractivity contribution >= 4 is 11.8 Å². The van der Waals surface area contributed by atoms with E-state index in [9.17, 15) is 4.79 Å². The molecular formula is C16H25N5O. The number of amides is 2. The van der Waals surface area contributed by atoms with Crippen LogP contribution in [0.25, 0.3) is 0 Å². The lowest BCUT2D eigenvalue weighted by molar-refractivity contribution is 0.186. The number of carbonyl (C=O) groups excluding carboxylic acids is 1. The van der Waals surface area contributed by atoms with E-state index in [4.69, 9.17) is 0 Å². The first kappa shape index (κ1) is 15.1. The van der Waals surface area contributed by atoms with E-state index in [1.807, 2.05) is 17.9 Å². The van der Waals surface area contributed by atoms with Gasteiger partial charge in [-0.05, 0) is 19.8 Å². The number of carbonyl (C=O) groups is 1. The van der Waals surface area contributed by atoms with Crippen molar-refractivity contribution in [3.8, 4) is 0 Å². The first-order chi connectivity index (χ1) is 10.7. The minimum atomic E-state index is 0.102. The maximum atomic E-state index is 12.3. The lowest BCUT2D eigenvalue weighted by atomic mass is 9.96. The highest BCUT2D eigenvalue weighted by atomic mass is 16.2. The Balaban J connectivity index is 1.49. The van der Waals surface area contributed by atoms with E-state index in [1.165, 1.54) is 19.3 Å². The van der Waals surface area contributed by atoms with Crippen molar-refractivity contribution in [2.45, 2.75) is 45.1 Å². The summed E-state index contributed by atoms with van der Waals surface area (Å²) in [5, 5.41) is 3.20. The van der Waals surface area contributed by atoms with Crippen LogP contribution in [0.5, 0.6) is 0 Å². The number of aromatic nitrogens is 2. The molecule has 1 saturated heterocycles. The van der Waals surface area contributed by atoms with Crippen LogP contribution in [-0.2, 0) is 0 Å². The van der Waals surface area contributed by atoms with E-state index in [1.54, 1.807) is 6.33 Å². The van der Waals surface area contributed by atoms with E-state index in [-0.39, 0.29) is 6.03 Å². The topological polar surface area (TPSA) is 61.4 Å². The van der Waals surface area contributed by atoms with Gasteiger partial charge in [-0.25, -0.2) is 14.8 Å². The second-order valence-corrected chi connectivity index (χ2v) is 6.28. The van der Waals surface area contributed by atoms with Crippen molar-refractivity contribution in [2.75, 3.05) is 31.1 Å². The average molecular weight is 303 g/mol. The number of nitrogens with one attached hydrogen (secondary N) is 1. The van der Waals surface area contributed by atoms with Gasteiger partial charge in [0, 0.05) is 44.0 Å². The first-order valence-corrected chi connectivity index (χ1v) is 8.31. The Morgan fingerprint density at radius 2 is 1.86 bits per heavy atom. The van der Waals surface area contributed by atoms with Crippen LogP contribution in [0, 0.1) is 6.92 Å². The van der Waals surface area contributed by atoms with E-state index in [0.29, 0.717) is 6.04 Å². The van der Waals surface area contributed by atoms with Gasteiger partial charge in [-0.3, -0.25) is 0 Å². The molecule has 1 aliphatic heterocycles. The molecule has 1 aromatic heterocycles. The fourth-order valence-electron chi connectivity index (χ4n) is 3.26. The smallest absolute Gasteiger partial charge is 0.317 e. The van der Waals surface area contributed by atoms with Gasteiger partial charge >= 0.3 is 6.03 Å². The molecule has 1 N–H and O–H groups in total. The molecule has 1 aliphatic carbocycles. The van der Waals surface area contributed by atoms with Crippen LogP contribution in [0.15, 0.2) is 12.4 Å². The molecule has 0 radical (unpaired) electrons. The molecule has 2 aliphatic rings. The highest BCUT2D eigenvalue weighted by molar-refractivity contribution is 5.74. The molecule has 3 rings (SSSR count). The van der Waals surface area contributed by atoms with Gasteiger partial charge < -0.3 is 15.1 Å². The van der Waals surface area contributed by atoms with Gasteiger partial charge in [-0.2, -0.15) is 0 Å². The second kappa shape index (κ2) is 6.94. The summed E-state index contributed by atoms with van der Waals surface area (Å²) >= 11 is 0. The third-order valence-electron chi connectivity index (χ3n) is 4.61. The number of urea groups is 1. The highest BCUT2D eigenvalue weighted by Gasteiger charge is 2.24. The highest BCUT2D eigenvalue weighted by Crippen LogP contribution is 2.18. The molecule has 1 saturated carbocycles. The molecular weight excluding hydrogens is 278 g/mol. The molecule has 2 fully saturated rings. The van der Waals surface area contributed by atoms with Gasteiger partial charge in [0.05, 0.1) is 0 Å². The van der Waals surface area contributed by atoms with Gasteiger partial charge in [0.1, 0.15) is 12.1 Å². The fourth-order valence-corrected chi connectivity index (χ4v) is 3.26. The second-order valence-electron chi connectivity index (χ2n) is 6.28. The van der Waals surface area contributed by atoms with E-state index >= 15 is 0 Å². The Labute approximate surface area is 131 Å². The third-order valence-corrected chi connectivity index (χ3v) is 4.61. The minimum Gasteiger partial charge on any atom is -0.353 e. The van der Waals surface area contributed by atoms with Crippen molar-refractivity contribution in [1.29, 1.82) is 0 Å². The number of aryl methyl sites for hydroxylation is 1. The molecule has 22 heavy (non-hydrogen) atoms. The van der Waals surface area contributed by atoms with Crippen molar-refractivity contribution in [3.63, 3.8) is 0 Å². The Bertz CT molecular complexity index is 507. The number of piperazine rings is 1. The summed E-state index contributed by atoms with van der Waals surface area (Å²) in [6.45, 7) is 5.13. The van der Waals surface area contributed by atoms with Crippen LogP contribution in [0.3, 0.4) is 0 Å². The zero-order valence-corrected chi connectivity index (χ0v) is 13.3. The van der Waals surface area contributed by atoms with Gasteiger partial charge in [-0.1, -0.05) is 19.3 Å². The Hall–Kier alpha value is -1.85. The first-order valence-electron chi connectivity index (χ1n) is 8.31. The zero-order chi connectivity index (χ0) is 15.4. The van der Waals surface area contributed by atoms with E-state index < -0.39 is 0 Å². The summed E-state index contributed by atoms with van der Waals surface area (Å²) in [5.74, 6) is 0.958. The van der Waals surface area contributed by atoms with Crippen molar-refractivity contribution in [3.05, 3.63) is 18.1 Å². The summed E-state index contributed by atoms with van der Waals surface area (Å²) in [4.78, 5) is 24.9. The number of hydrogen-bond donors (Lipinski definition) is 1. The summed E-state index contributed by atoms with van der Waals surface area (Å²) in [6.07, 6.45) is 7.66. The molecule has 0 atom stereocenters. The molecule has 0 unspecified atom stereocenters. The molecule has 0 bridgehead atoms. The zero-order valence-electron chi connectivity index (χ0n) is 13.3. The molecule has 2 amide bonds. The molecule has 6 nitrogen and oxygen atoms in total. The maximum Gasteiger partial charge on any atom is 0.317 e. The van der Waals surface area contributed by atoms with Crippen LogP contribution in [0.2, 0.25) is 0 Å². The molecule has 120 valence electrons. The standard InChI is InChI=1S/C16H25N5O/c1-13-11-15(18-12-17-13)20-7-9-21(10-8-20)16(22)19-14-5-3-2-4-6-14/h11-12,14H,2-10H2,1H3,(H,19,22). The Kier molecular flexibility index (Phi) is 4.75. The molecule has 0 spiro atoms. The molecule has 1 aromatic rings. The Morgan fingerprint density at radius 3 is 2.55 bits per heavy atom. The lowest BCUT2D eigenvalue weighted by Gasteiger charge is -2.36. The molecule has 0 aromatic carbocycles. The summed E-state index contributed by atoms with van der Waals surface area (Å²) < 4.78 is 0. The monoisotopic (exact) mass is 303 g/mol. The SMILES string of the molecule is Cc1cc(N2CCN(C(=O)NC3CCCCC3)CC2)ncn1. The van der Waals surface area contributed by atoms with Crippen LogP contribution in [0.4, 0.5) is 10.6 Å². The molecule has 6 heteroatoms. The number of rotatable bonds is 2. The Morgan fingerprint density at radius 1 is 1.14 bits per heavy atom. The van der Waals surface area contributed by atoms with Crippen molar-refractivity contribution < 1.29 is 4.79 Å². The lowest BCUT2D eigenvalue weighted by Crippen LogP contribution is -2.53. The quantitative estimate of drug-likeness (QED) is 0.907. The van der Waals surface area contributed by atoms with Gasteiger partial charge in [0.25, 0.3) is 0 Å². The minimum absolute atomic E-state index is 0.102. The number of hydrogen-bond acceptors (Lipinski definition) is 4. The predicted molar refractivity (Wildman–Crippen MR) is 86.0 cm³/mol. The third kappa shape index (κ3) is 3.67. The van der Waals surface area contributed by atoms with Crippen LogP contribution in [-0.4, -0.2) is 53.1 Å². The summed E-state index contributed by atoms with van der Waals surface area (Å²) in [7, 11) is 0. The number of anilines is 1. The van der Waals surface area contributed by atoms with Crippen molar-refractivity contribution in [2.24, 2.45) is 0 Å². The van der Waals surface area contributed by atoms with Gasteiger partial charge in [0.15, 0.2) is 0 Å². The fraction of sp³-hybridized carbons (Fsp3) is 0.688. The normalized spacial score (nSPS) is 20.0. The molecule has 2 heterocycles. The van der Waals surface area contributed by atoms with Crippen LogP contribution in [0.1, 0.15) is 37.8 Å². The summed E-state index contributed by atoms with van der Waals surface area (Å²) in [5.41, 5.74) is 0.975. The van der Waals surface area contributed by atoms with E-state index in [0.717, 1.165) is 50.5 Å².